The van der Waals surface area contributed by atoms with Crippen molar-refractivity contribution in [2.75, 3.05) is 17.6 Å². The van der Waals surface area contributed by atoms with Crippen LogP contribution in [-0.4, -0.2) is 21.4 Å². The van der Waals surface area contributed by atoms with Gasteiger partial charge in [-0.15, -0.1) is 0 Å². The normalized spacial score (nSPS) is 18.7. The third-order valence-electron chi connectivity index (χ3n) is 6.26. The molecule has 0 saturated heterocycles. The Hall–Kier alpha value is -3.26. The van der Waals surface area contributed by atoms with Gasteiger partial charge in [-0.1, -0.05) is 42.5 Å². The molecule has 1 aromatic heterocycles. The van der Waals surface area contributed by atoms with Gasteiger partial charge in [0.15, 0.2) is 0 Å². The Morgan fingerprint density at radius 2 is 1.74 bits per heavy atom. The third-order valence-corrected chi connectivity index (χ3v) is 6.26. The van der Waals surface area contributed by atoms with Gasteiger partial charge >= 0.3 is 5.69 Å². The van der Waals surface area contributed by atoms with Crippen molar-refractivity contribution >= 4 is 28.2 Å². The Morgan fingerprint density at radius 1 is 1.03 bits per heavy atom. The summed E-state index contributed by atoms with van der Waals surface area (Å²) in [5, 5.41) is 17.1. The molecular weight excluding hydrogens is 392 g/mol. The summed E-state index contributed by atoms with van der Waals surface area (Å²) in [7, 11) is 0. The summed E-state index contributed by atoms with van der Waals surface area (Å²) in [5.41, 5.74) is 13.1. The predicted molar refractivity (Wildman–Crippen MR) is 123 cm³/mol. The van der Waals surface area contributed by atoms with Gasteiger partial charge in [-0.25, -0.2) is 4.98 Å². The monoisotopic (exact) mass is 420 g/mol. The fourth-order valence-corrected chi connectivity index (χ4v) is 4.51. The van der Waals surface area contributed by atoms with Crippen LogP contribution in [0.2, 0.25) is 0 Å². The molecule has 1 saturated carbocycles. The zero-order chi connectivity index (χ0) is 21.8. The molecule has 2 aromatic carbocycles. The van der Waals surface area contributed by atoms with Crippen LogP contribution in [0.5, 0.6) is 0 Å². The molecule has 1 aliphatic rings. The number of fused-ring (bicyclic) bond motifs is 1. The van der Waals surface area contributed by atoms with Gasteiger partial charge in [0.05, 0.1) is 4.92 Å². The van der Waals surface area contributed by atoms with Crippen LogP contribution in [-0.2, 0) is 13.0 Å². The smallest absolute Gasteiger partial charge is 0.332 e. The second-order valence-electron chi connectivity index (χ2n) is 8.30. The zero-order valence-electron chi connectivity index (χ0n) is 17.5. The Balaban J connectivity index is 1.55. The fourth-order valence-electron chi connectivity index (χ4n) is 4.51. The first-order valence-electron chi connectivity index (χ1n) is 10.8. The SMILES string of the molecule is NCC1CCC(Cc2nc(NCc3cccc4ccccc34)nc(N)c2[N+](=O)[O-])CC1. The lowest BCUT2D eigenvalue weighted by Gasteiger charge is -2.27. The molecule has 0 bridgehead atoms. The average molecular weight is 421 g/mol. The molecule has 1 fully saturated rings. The topological polar surface area (TPSA) is 133 Å². The molecule has 0 unspecified atom stereocenters. The van der Waals surface area contributed by atoms with E-state index in [-0.39, 0.29) is 11.5 Å². The second kappa shape index (κ2) is 9.26. The maximum Gasteiger partial charge on any atom is 0.332 e. The fraction of sp³-hybridized carbons (Fsp3) is 0.391. The lowest BCUT2D eigenvalue weighted by molar-refractivity contribution is -0.385. The van der Waals surface area contributed by atoms with Crippen LogP contribution >= 0.6 is 0 Å². The maximum absolute atomic E-state index is 11.6. The highest BCUT2D eigenvalue weighted by atomic mass is 16.6. The lowest BCUT2D eigenvalue weighted by atomic mass is 9.80. The van der Waals surface area contributed by atoms with Crippen molar-refractivity contribution in [2.45, 2.75) is 38.6 Å². The van der Waals surface area contributed by atoms with E-state index < -0.39 is 4.92 Å². The number of nitrogens with one attached hydrogen (secondary N) is 1. The summed E-state index contributed by atoms with van der Waals surface area (Å²) in [6.07, 6.45) is 4.65. The zero-order valence-corrected chi connectivity index (χ0v) is 17.5. The van der Waals surface area contributed by atoms with E-state index >= 15 is 0 Å². The van der Waals surface area contributed by atoms with Crippen molar-refractivity contribution in [1.29, 1.82) is 0 Å². The van der Waals surface area contributed by atoms with Crippen LogP contribution in [0.25, 0.3) is 10.8 Å². The lowest BCUT2D eigenvalue weighted by Crippen LogP contribution is -2.23. The van der Waals surface area contributed by atoms with Crippen LogP contribution in [0.3, 0.4) is 0 Å². The molecule has 0 spiro atoms. The van der Waals surface area contributed by atoms with Crippen LogP contribution < -0.4 is 16.8 Å². The molecular formula is C23H28N6O2. The Morgan fingerprint density at radius 3 is 2.48 bits per heavy atom. The Bertz CT molecular complexity index is 1070. The number of nitrogens with zero attached hydrogens (tertiary/aromatic N) is 3. The number of nitro groups is 1. The number of rotatable bonds is 7. The van der Waals surface area contributed by atoms with E-state index in [0.29, 0.717) is 43.0 Å². The molecule has 1 aliphatic carbocycles. The van der Waals surface area contributed by atoms with Crippen molar-refractivity contribution in [2.24, 2.45) is 17.6 Å². The van der Waals surface area contributed by atoms with E-state index in [1.165, 1.54) is 0 Å². The molecule has 0 atom stereocenters. The molecule has 4 rings (SSSR count). The largest absolute Gasteiger partial charge is 0.378 e. The number of anilines is 2. The first-order chi connectivity index (χ1) is 15.0. The third kappa shape index (κ3) is 4.74. The van der Waals surface area contributed by atoms with E-state index in [2.05, 4.69) is 33.5 Å². The Labute approximate surface area is 181 Å². The number of nitrogens with two attached hydrogens (primary N) is 2. The van der Waals surface area contributed by atoms with Gasteiger partial charge in [0.1, 0.15) is 5.69 Å². The van der Waals surface area contributed by atoms with E-state index in [9.17, 15) is 10.1 Å². The minimum absolute atomic E-state index is 0.0916. The molecule has 162 valence electrons. The van der Waals surface area contributed by atoms with E-state index in [1.807, 2.05) is 24.3 Å². The first-order valence-corrected chi connectivity index (χ1v) is 10.8. The molecule has 8 nitrogen and oxygen atoms in total. The number of hydrogen-bond acceptors (Lipinski definition) is 7. The van der Waals surface area contributed by atoms with Crippen molar-refractivity contribution in [3.63, 3.8) is 0 Å². The second-order valence-corrected chi connectivity index (χ2v) is 8.30. The minimum atomic E-state index is -0.468. The summed E-state index contributed by atoms with van der Waals surface area (Å²) < 4.78 is 0. The standard InChI is InChI=1S/C23H28N6O2/c24-13-16-10-8-15(9-11-16)12-20-21(29(30)31)22(25)28-23(27-20)26-14-18-6-3-5-17-4-1-2-7-19(17)18/h1-7,15-16H,8-14,24H2,(H3,25,26,27,28). The number of nitrogen functional groups attached to an aromatic ring is 1. The van der Waals surface area contributed by atoms with E-state index in [4.69, 9.17) is 11.5 Å². The van der Waals surface area contributed by atoms with Gasteiger partial charge in [-0.2, -0.15) is 4.98 Å². The van der Waals surface area contributed by atoms with Gasteiger partial charge in [0, 0.05) is 6.54 Å². The van der Waals surface area contributed by atoms with E-state index in [1.54, 1.807) is 0 Å². The van der Waals surface area contributed by atoms with Crippen molar-refractivity contribution in [3.8, 4) is 0 Å². The van der Waals surface area contributed by atoms with Crippen molar-refractivity contribution < 1.29 is 4.92 Å². The first kappa shape index (κ1) is 21.0. The van der Waals surface area contributed by atoms with Gasteiger partial charge in [0.25, 0.3) is 0 Å². The predicted octanol–water partition coefficient (Wildman–Crippen LogP) is 4.04. The van der Waals surface area contributed by atoms with Crippen LogP contribution in [0.15, 0.2) is 42.5 Å². The summed E-state index contributed by atoms with van der Waals surface area (Å²) in [4.78, 5) is 19.8. The highest BCUT2D eigenvalue weighted by Gasteiger charge is 2.27. The number of hydrogen-bond donors (Lipinski definition) is 3. The highest BCUT2D eigenvalue weighted by Crippen LogP contribution is 2.34. The molecule has 0 aliphatic heterocycles. The molecule has 5 N–H and O–H groups in total. The molecule has 1 heterocycles. The molecule has 31 heavy (non-hydrogen) atoms. The Kier molecular flexibility index (Phi) is 6.27. The molecule has 0 radical (unpaired) electrons. The quantitative estimate of drug-likeness (QED) is 0.388. The van der Waals surface area contributed by atoms with Crippen LogP contribution in [0.4, 0.5) is 17.5 Å². The van der Waals surface area contributed by atoms with Gasteiger partial charge in [-0.05, 0) is 66.8 Å². The van der Waals surface area contributed by atoms with Crippen LogP contribution in [0.1, 0.15) is 36.9 Å². The van der Waals surface area contributed by atoms with Crippen molar-refractivity contribution in [1.82, 2.24) is 9.97 Å². The highest BCUT2D eigenvalue weighted by molar-refractivity contribution is 5.85. The minimum Gasteiger partial charge on any atom is -0.378 e. The summed E-state index contributed by atoms with van der Waals surface area (Å²) in [6.45, 7) is 1.20. The molecule has 3 aromatic rings. The average Bonchev–Trinajstić information content (AvgIpc) is 2.77. The van der Waals surface area contributed by atoms with Crippen molar-refractivity contribution in [3.05, 3.63) is 63.8 Å². The summed E-state index contributed by atoms with van der Waals surface area (Å²) in [6, 6.07) is 14.3. The summed E-state index contributed by atoms with van der Waals surface area (Å²) in [5.74, 6) is 1.13. The maximum atomic E-state index is 11.6. The van der Waals surface area contributed by atoms with E-state index in [0.717, 1.165) is 42.0 Å². The molecule has 8 heteroatoms. The van der Waals surface area contributed by atoms with Gasteiger partial charge in [0.2, 0.25) is 11.8 Å². The number of benzene rings is 2. The molecule has 0 amide bonds. The summed E-state index contributed by atoms with van der Waals surface area (Å²) >= 11 is 0. The van der Waals surface area contributed by atoms with Gasteiger partial charge < -0.3 is 16.8 Å². The number of aromatic nitrogens is 2. The van der Waals surface area contributed by atoms with Crippen LogP contribution in [0, 0.1) is 22.0 Å². The van der Waals surface area contributed by atoms with Gasteiger partial charge in [-0.3, -0.25) is 10.1 Å².